The van der Waals surface area contributed by atoms with Crippen LogP contribution in [0.3, 0.4) is 0 Å². The summed E-state index contributed by atoms with van der Waals surface area (Å²) in [5.41, 5.74) is 1.47. The number of pyridine rings is 1. The van der Waals surface area contributed by atoms with Crippen LogP contribution in [0.1, 0.15) is 43.1 Å². The minimum atomic E-state index is -0.0297. The second kappa shape index (κ2) is 6.61. The van der Waals surface area contributed by atoms with Crippen molar-refractivity contribution in [3.8, 4) is 0 Å². The number of hydrogen-bond donors (Lipinski definition) is 1. The average molecular weight is 359 g/mol. The monoisotopic (exact) mass is 358 g/mol. The Morgan fingerprint density at radius 1 is 1.36 bits per heavy atom. The van der Waals surface area contributed by atoms with E-state index in [1.165, 1.54) is 0 Å². The van der Waals surface area contributed by atoms with Crippen LogP contribution in [0.5, 0.6) is 0 Å². The number of rotatable bonds is 6. The number of para-hydroxylation sites is 1. The number of nitrogens with zero attached hydrogens (tertiary/aromatic N) is 3. The van der Waals surface area contributed by atoms with Crippen LogP contribution in [0.4, 0.5) is 0 Å². The Labute approximate surface area is 149 Å². The lowest BCUT2D eigenvalue weighted by molar-refractivity contribution is 0.256. The number of aromatic amines is 1. The quantitative estimate of drug-likeness (QED) is 0.730. The molecule has 0 bridgehead atoms. The lowest BCUT2D eigenvalue weighted by Crippen LogP contribution is -2.24. The van der Waals surface area contributed by atoms with Gasteiger partial charge in [-0.05, 0) is 31.5 Å². The van der Waals surface area contributed by atoms with Gasteiger partial charge in [-0.3, -0.25) is 9.69 Å². The van der Waals surface area contributed by atoms with Gasteiger partial charge in [0.15, 0.2) is 11.3 Å². The van der Waals surface area contributed by atoms with E-state index >= 15 is 0 Å². The summed E-state index contributed by atoms with van der Waals surface area (Å²) >= 11 is 6.22. The third kappa shape index (κ3) is 3.45. The molecule has 0 amide bonds. The van der Waals surface area contributed by atoms with Gasteiger partial charge in [-0.2, -0.15) is 4.98 Å². The Morgan fingerprint density at radius 3 is 2.96 bits per heavy atom. The van der Waals surface area contributed by atoms with Crippen molar-refractivity contribution in [1.29, 1.82) is 0 Å². The predicted octanol–water partition coefficient (Wildman–Crippen LogP) is 3.46. The fraction of sp³-hybridized carbons (Fsp3) is 0.389. The van der Waals surface area contributed by atoms with Crippen LogP contribution >= 0.6 is 11.6 Å². The zero-order chi connectivity index (χ0) is 17.4. The van der Waals surface area contributed by atoms with Gasteiger partial charge in [-0.15, -0.1) is 0 Å². The van der Waals surface area contributed by atoms with Crippen molar-refractivity contribution >= 4 is 22.5 Å². The first-order valence-corrected chi connectivity index (χ1v) is 8.87. The van der Waals surface area contributed by atoms with Crippen LogP contribution in [0.25, 0.3) is 10.9 Å². The molecule has 1 saturated carbocycles. The molecule has 0 aliphatic heterocycles. The Balaban J connectivity index is 1.55. The first-order valence-electron chi connectivity index (χ1n) is 8.49. The van der Waals surface area contributed by atoms with Gasteiger partial charge in [0.05, 0.1) is 17.1 Å². The summed E-state index contributed by atoms with van der Waals surface area (Å²) in [6.45, 7) is 4.03. The Bertz CT molecular complexity index is 961. The molecule has 0 unspecified atom stereocenters. The topological polar surface area (TPSA) is 75.0 Å². The summed E-state index contributed by atoms with van der Waals surface area (Å²) in [5, 5.41) is 5.22. The van der Waals surface area contributed by atoms with Gasteiger partial charge in [0.2, 0.25) is 5.89 Å². The number of hydrogen-bond acceptors (Lipinski definition) is 5. The highest BCUT2D eigenvalue weighted by Gasteiger charge is 2.29. The van der Waals surface area contributed by atoms with Gasteiger partial charge < -0.3 is 9.51 Å². The van der Waals surface area contributed by atoms with E-state index in [1.807, 2.05) is 0 Å². The van der Waals surface area contributed by atoms with Crippen molar-refractivity contribution in [2.45, 2.75) is 38.8 Å². The van der Waals surface area contributed by atoms with Crippen molar-refractivity contribution in [1.82, 2.24) is 20.0 Å². The largest absolute Gasteiger partial charge is 0.356 e. The number of fused-ring (bicyclic) bond motifs is 1. The fourth-order valence-electron chi connectivity index (χ4n) is 2.92. The van der Waals surface area contributed by atoms with Gasteiger partial charge >= 0.3 is 0 Å². The van der Waals surface area contributed by atoms with E-state index in [0.29, 0.717) is 40.8 Å². The van der Waals surface area contributed by atoms with Crippen molar-refractivity contribution in [2.75, 3.05) is 6.54 Å². The molecule has 0 saturated heterocycles. The van der Waals surface area contributed by atoms with Gasteiger partial charge in [0, 0.05) is 29.6 Å². The lowest BCUT2D eigenvalue weighted by Gasteiger charge is -2.18. The van der Waals surface area contributed by atoms with Crippen molar-refractivity contribution in [3.05, 3.63) is 56.9 Å². The summed E-state index contributed by atoms with van der Waals surface area (Å²) in [4.78, 5) is 22.2. The number of H-pyrrole nitrogens is 1. The Hall–Kier alpha value is -2.18. The van der Waals surface area contributed by atoms with Crippen molar-refractivity contribution < 1.29 is 4.52 Å². The summed E-state index contributed by atoms with van der Waals surface area (Å²) < 4.78 is 5.31. The summed E-state index contributed by atoms with van der Waals surface area (Å²) in [6.07, 6.45) is 2.27. The zero-order valence-corrected chi connectivity index (χ0v) is 14.7. The normalized spacial score (nSPS) is 14.5. The molecule has 130 valence electrons. The van der Waals surface area contributed by atoms with E-state index in [9.17, 15) is 4.79 Å². The predicted molar refractivity (Wildman–Crippen MR) is 95.6 cm³/mol. The molecule has 2 aromatic heterocycles. The number of nitrogens with one attached hydrogen (secondary N) is 1. The van der Waals surface area contributed by atoms with E-state index in [4.69, 9.17) is 16.1 Å². The van der Waals surface area contributed by atoms with Crippen molar-refractivity contribution in [3.63, 3.8) is 0 Å². The molecule has 25 heavy (non-hydrogen) atoms. The number of benzene rings is 1. The highest BCUT2D eigenvalue weighted by Crippen LogP contribution is 2.38. The Kier molecular flexibility index (Phi) is 4.31. The second-order valence-corrected chi connectivity index (χ2v) is 6.85. The van der Waals surface area contributed by atoms with Crippen LogP contribution in [0.2, 0.25) is 5.02 Å². The molecule has 1 aromatic carbocycles. The highest BCUT2D eigenvalue weighted by molar-refractivity contribution is 6.35. The van der Waals surface area contributed by atoms with Crippen LogP contribution in [-0.2, 0) is 13.1 Å². The smallest absolute Gasteiger partial charge is 0.229 e. The SMILES string of the molecule is CCN(Cc1noc(C2CC2)n1)Cc1cc(=O)c2cccc(Cl)c2[nH]1. The molecule has 7 heteroatoms. The molecular formula is C18H19ClN4O2. The van der Waals surface area contributed by atoms with E-state index in [2.05, 4.69) is 26.9 Å². The fourth-order valence-corrected chi connectivity index (χ4v) is 3.14. The molecular weight excluding hydrogens is 340 g/mol. The summed E-state index contributed by atoms with van der Waals surface area (Å²) in [7, 11) is 0. The van der Waals surface area contributed by atoms with E-state index < -0.39 is 0 Å². The molecule has 1 fully saturated rings. The molecule has 0 spiro atoms. The first-order chi connectivity index (χ1) is 12.1. The first kappa shape index (κ1) is 16.3. The van der Waals surface area contributed by atoms with Crippen LogP contribution < -0.4 is 5.43 Å². The maximum absolute atomic E-state index is 12.3. The average Bonchev–Trinajstić information content (AvgIpc) is 3.35. The second-order valence-electron chi connectivity index (χ2n) is 6.45. The maximum Gasteiger partial charge on any atom is 0.229 e. The highest BCUT2D eigenvalue weighted by atomic mass is 35.5. The molecule has 4 rings (SSSR count). The number of aromatic nitrogens is 3. The number of halogens is 1. The maximum atomic E-state index is 12.3. The van der Waals surface area contributed by atoms with E-state index in [-0.39, 0.29) is 5.43 Å². The molecule has 1 aliphatic rings. The third-order valence-corrected chi connectivity index (χ3v) is 4.80. The van der Waals surface area contributed by atoms with Gasteiger partial charge in [-0.1, -0.05) is 29.7 Å². The molecule has 0 radical (unpaired) electrons. The summed E-state index contributed by atoms with van der Waals surface area (Å²) in [5.74, 6) is 1.89. The van der Waals surface area contributed by atoms with Gasteiger partial charge in [0.25, 0.3) is 0 Å². The molecule has 2 heterocycles. The molecule has 1 N–H and O–H groups in total. The van der Waals surface area contributed by atoms with Crippen LogP contribution in [-0.4, -0.2) is 26.6 Å². The third-order valence-electron chi connectivity index (χ3n) is 4.49. The molecule has 6 nitrogen and oxygen atoms in total. The minimum Gasteiger partial charge on any atom is -0.356 e. The molecule has 1 aliphatic carbocycles. The van der Waals surface area contributed by atoms with Crippen LogP contribution in [0.15, 0.2) is 33.6 Å². The van der Waals surface area contributed by atoms with Gasteiger partial charge in [-0.25, -0.2) is 0 Å². The van der Waals surface area contributed by atoms with Crippen molar-refractivity contribution in [2.24, 2.45) is 0 Å². The standard InChI is InChI=1S/C18H19ClN4O2/c1-2-23(10-16-21-18(25-22-16)11-6-7-11)9-12-8-15(24)13-4-3-5-14(19)17(13)20-12/h3-5,8,11H,2,6-7,9-10H2,1H3,(H,20,24). The molecule has 0 atom stereocenters. The van der Waals surface area contributed by atoms with E-state index in [0.717, 1.165) is 31.0 Å². The zero-order valence-electron chi connectivity index (χ0n) is 14.0. The minimum absolute atomic E-state index is 0.0297. The van der Waals surface area contributed by atoms with Crippen LogP contribution in [0, 0.1) is 0 Å². The lowest BCUT2D eigenvalue weighted by atomic mass is 10.2. The van der Waals surface area contributed by atoms with Gasteiger partial charge in [0.1, 0.15) is 0 Å². The van der Waals surface area contributed by atoms with E-state index in [1.54, 1.807) is 24.3 Å². The molecule has 3 aromatic rings. The Morgan fingerprint density at radius 2 is 2.20 bits per heavy atom. The summed E-state index contributed by atoms with van der Waals surface area (Å²) in [6, 6.07) is 6.97.